The molecule has 0 radical (unpaired) electrons. The summed E-state index contributed by atoms with van der Waals surface area (Å²) in [6.07, 6.45) is 2.01. The lowest BCUT2D eigenvalue weighted by atomic mass is 10.0. The number of amides is 1. The van der Waals surface area contributed by atoms with Crippen LogP contribution in [0.3, 0.4) is 0 Å². The van der Waals surface area contributed by atoms with Gasteiger partial charge in [0, 0.05) is 12.2 Å². The highest BCUT2D eigenvalue weighted by molar-refractivity contribution is 7.18. The van der Waals surface area contributed by atoms with Gasteiger partial charge >= 0.3 is 5.97 Å². The minimum Gasteiger partial charge on any atom is -0.462 e. The van der Waals surface area contributed by atoms with Gasteiger partial charge in [-0.15, -0.1) is 11.3 Å². The summed E-state index contributed by atoms with van der Waals surface area (Å²) in [6, 6.07) is 10.2. The number of aryl methyl sites for hydroxylation is 1. The summed E-state index contributed by atoms with van der Waals surface area (Å²) in [5, 5.41) is 12.6. The fourth-order valence-corrected chi connectivity index (χ4v) is 4.31. The number of hydrogen-bond acceptors (Lipinski definition) is 6. The van der Waals surface area contributed by atoms with Crippen LogP contribution in [0.2, 0.25) is 0 Å². The molecule has 7 heteroatoms. The molecule has 1 aromatic carbocycles. The molecule has 1 amide bonds. The molecule has 1 N–H and O–H groups in total. The number of fused-ring (bicyclic) bond motifs is 1. The number of esters is 1. The molecule has 140 valence electrons. The van der Waals surface area contributed by atoms with Gasteiger partial charge in [-0.3, -0.25) is 4.79 Å². The Morgan fingerprint density at radius 2 is 2.15 bits per heavy atom. The number of carbonyl (C=O) groups excluding carboxylic acids is 2. The molecule has 0 saturated heterocycles. The van der Waals surface area contributed by atoms with Crippen LogP contribution in [0.25, 0.3) is 0 Å². The van der Waals surface area contributed by atoms with Crippen LogP contribution in [-0.2, 0) is 16.0 Å². The molecule has 3 rings (SSSR count). The standard InChI is InChI=1S/C20H21N3O3S/c1-3-26-20(25)18-13(2)15(11-21)19(27-18)22-17(24)12-23-10-6-8-14-7-4-5-9-16(14)23/h4-5,7,9H,3,6,8,10,12H2,1-2H3,(H,22,24). The first kappa shape index (κ1) is 18.9. The molecule has 0 bridgehead atoms. The second-order valence-corrected chi connectivity index (χ2v) is 7.32. The average Bonchev–Trinajstić information content (AvgIpc) is 2.97. The molecule has 0 spiro atoms. The van der Waals surface area contributed by atoms with Gasteiger partial charge in [0.05, 0.1) is 18.7 Å². The van der Waals surface area contributed by atoms with E-state index in [-0.39, 0.29) is 19.1 Å². The molecule has 2 aromatic rings. The first-order chi connectivity index (χ1) is 13.0. The van der Waals surface area contributed by atoms with Crippen LogP contribution < -0.4 is 10.2 Å². The van der Waals surface area contributed by atoms with E-state index in [4.69, 9.17) is 4.74 Å². The van der Waals surface area contributed by atoms with E-state index in [0.29, 0.717) is 21.0 Å². The largest absolute Gasteiger partial charge is 0.462 e. The molecule has 1 aromatic heterocycles. The maximum Gasteiger partial charge on any atom is 0.348 e. The van der Waals surface area contributed by atoms with E-state index in [1.165, 1.54) is 5.56 Å². The highest BCUT2D eigenvalue weighted by atomic mass is 32.1. The lowest BCUT2D eigenvalue weighted by molar-refractivity contribution is -0.115. The Bertz CT molecular complexity index is 914. The van der Waals surface area contributed by atoms with Crippen LogP contribution in [0.1, 0.15) is 39.7 Å². The predicted molar refractivity (Wildman–Crippen MR) is 105 cm³/mol. The number of nitriles is 1. The summed E-state index contributed by atoms with van der Waals surface area (Å²) in [6.45, 7) is 4.69. The van der Waals surface area contributed by atoms with Crippen LogP contribution in [0.5, 0.6) is 0 Å². The Balaban J connectivity index is 1.76. The predicted octanol–water partition coefficient (Wildman–Crippen LogP) is 3.50. The highest BCUT2D eigenvalue weighted by Crippen LogP contribution is 2.33. The Labute approximate surface area is 162 Å². The molecule has 0 unspecified atom stereocenters. The molecule has 27 heavy (non-hydrogen) atoms. The van der Waals surface area contributed by atoms with Crippen molar-refractivity contribution in [2.75, 3.05) is 29.9 Å². The first-order valence-corrected chi connectivity index (χ1v) is 9.70. The molecule has 1 aliphatic rings. The number of hydrogen-bond donors (Lipinski definition) is 1. The van der Waals surface area contributed by atoms with Crippen molar-refractivity contribution in [3.8, 4) is 6.07 Å². The Kier molecular flexibility index (Phi) is 5.77. The van der Waals surface area contributed by atoms with Crippen molar-refractivity contribution in [3.05, 3.63) is 45.8 Å². The summed E-state index contributed by atoms with van der Waals surface area (Å²) in [7, 11) is 0. The zero-order chi connectivity index (χ0) is 19.4. The number of nitrogens with zero attached hydrogens (tertiary/aromatic N) is 2. The van der Waals surface area contributed by atoms with Crippen LogP contribution in [0, 0.1) is 18.3 Å². The van der Waals surface area contributed by atoms with Crippen LogP contribution >= 0.6 is 11.3 Å². The first-order valence-electron chi connectivity index (χ1n) is 8.88. The third kappa shape index (κ3) is 3.96. The lowest BCUT2D eigenvalue weighted by Gasteiger charge is -2.30. The molecule has 1 aliphatic heterocycles. The van der Waals surface area contributed by atoms with E-state index >= 15 is 0 Å². The number of thiophene rings is 1. The third-order valence-corrected chi connectivity index (χ3v) is 5.70. The van der Waals surface area contributed by atoms with Crippen LogP contribution in [0.4, 0.5) is 10.7 Å². The SMILES string of the molecule is CCOC(=O)c1sc(NC(=O)CN2CCCc3ccccc32)c(C#N)c1C. The van der Waals surface area contributed by atoms with Gasteiger partial charge in [-0.05, 0) is 43.9 Å². The van der Waals surface area contributed by atoms with Gasteiger partial charge in [0.2, 0.25) is 5.91 Å². The van der Waals surface area contributed by atoms with E-state index < -0.39 is 5.97 Å². The van der Waals surface area contributed by atoms with E-state index in [1.807, 2.05) is 23.1 Å². The number of ether oxygens (including phenoxy) is 1. The van der Waals surface area contributed by atoms with Crippen molar-refractivity contribution in [2.24, 2.45) is 0 Å². The molecular weight excluding hydrogens is 362 g/mol. The smallest absolute Gasteiger partial charge is 0.348 e. The molecular formula is C20H21N3O3S. The maximum absolute atomic E-state index is 12.6. The average molecular weight is 383 g/mol. The summed E-state index contributed by atoms with van der Waals surface area (Å²) >= 11 is 1.09. The second kappa shape index (κ2) is 8.23. The maximum atomic E-state index is 12.6. The van der Waals surface area contributed by atoms with Crippen molar-refractivity contribution in [1.82, 2.24) is 0 Å². The molecule has 0 aliphatic carbocycles. The fraction of sp³-hybridized carbons (Fsp3) is 0.350. The zero-order valence-electron chi connectivity index (χ0n) is 15.4. The number of rotatable bonds is 5. The molecule has 0 fully saturated rings. The topological polar surface area (TPSA) is 82.4 Å². The van der Waals surface area contributed by atoms with Gasteiger partial charge in [-0.25, -0.2) is 4.79 Å². The summed E-state index contributed by atoms with van der Waals surface area (Å²) in [4.78, 5) is 27.1. The van der Waals surface area contributed by atoms with Gasteiger partial charge in [0.1, 0.15) is 15.9 Å². The summed E-state index contributed by atoms with van der Waals surface area (Å²) < 4.78 is 5.03. The van der Waals surface area contributed by atoms with E-state index in [9.17, 15) is 14.9 Å². The Morgan fingerprint density at radius 1 is 1.37 bits per heavy atom. The Hall–Kier alpha value is -2.85. The van der Waals surface area contributed by atoms with E-state index in [2.05, 4.69) is 17.5 Å². The number of carbonyl (C=O) groups is 2. The van der Waals surface area contributed by atoms with E-state index in [1.54, 1.807) is 13.8 Å². The molecule has 6 nitrogen and oxygen atoms in total. The molecule has 0 saturated carbocycles. The van der Waals surface area contributed by atoms with Gasteiger partial charge < -0.3 is 15.0 Å². The molecule has 0 atom stereocenters. The minimum atomic E-state index is -0.470. The highest BCUT2D eigenvalue weighted by Gasteiger charge is 2.24. The normalized spacial score (nSPS) is 12.9. The molecule has 2 heterocycles. The van der Waals surface area contributed by atoms with Crippen LogP contribution in [-0.4, -0.2) is 31.6 Å². The van der Waals surface area contributed by atoms with E-state index in [0.717, 1.165) is 36.4 Å². The summed E-state index contributed by atoms with van der Waals surface area (Å²) in [5.74, 6) is -0.679. The van der Waals surface area contributed by atoms with Gasteiger partial charge in [-0.2, -0.15) is 5.26 Å². The van der Waals surface area contributed by atoms with Crippen LogP contribution in [0.15, 0.2) is 24.3 Å². The minimum absolute atomic E-state index is 0.202. The quantitative estimate of drug-likeness (QED) is 0.799. The van der Waals surface area contributed by atoms with Gasteiger partial charge in [0.25, 0.3) is 0 Å². The lowest BCUT2D eigenvalue weighted by Crippen LogP contribution is -2.36. The van der Waals surface area contributed by atoms with Crippen molar-refractivity contribution in [1.29, 1.82) is 5.26 Å². The Morgan fingerprint density at radius 3 is 2.89 bits per heavy atom. The van der Waals surface area contributed by atoms with Crippen molar-refractivity contribution < 1.29 is 14.3 Å². The van der Waals surface area contributed by atoms with Crippen molar-refractivity contribution in [2.45, 2.75) is 26.7 Å². The van der Waals surface area contributed by atoms with Gasteiger partial charge in [0.15, 0.2) is 0 Å². The fourth-order valence-electron chi connectivity index (χ4n) is 3.24. The number of nitrogens with one attached hydrogen (secondary N) is 1. The number of benzene rings is 1. The second-order valence-electron chi connectivity index (χ2n) is 6.29. The zero-order valence-corrected chi connectivity index (χ0v) is 16.2. The summed E-state index contributed by atoms with van der Waals surface area (Å²) in [5.41, 5.74) is 3.18. The third-order valence-electron chi connectivity index (χ3n) is 4.51. The number of para-hydroxylation sites is 1. The van der Waals surface area contributed by atoms with Crippen molar-refractivity contribution in [3.63, 3.8) is 0 Å². The number of anilines is 2. The monoisotopic (exact) mass is 383 g/mol. The van der Waals surface area contributed by atoms with Gasteiger partial charge in [-0.1, -0.05) is 18.2 Å². The van der Waals surface area contributed by atoms with Crippen molar-refractivity contribution >= 4 is 33.9 Å².